The number of ether oxygens (including phenoxy) is 1. The number of benzene rings is 1. The highest BCUT2D eigenvalue weighted by atomic mass is 31.0. The third-order valence-corrected chi connectivity index (χ3v) is 4.00. The Bertz CT molecular complexity index is 580. The van der Waals surface area contributed by atoms with E-state index in [2.05, 4.69) is 9.24 Å². The monoisotopic (exact) mass is 322 g/mol. The molecule has 118 valence electrons. The van der Waals surface area contributed by atoms with Crippen molar-refractivity contribution in [1.29, 1.82) is 5.26 Å². The number of hydrogen-bond acceptors (Lipinski definition) is 3. The number of carbonyl (C=O) groups excluding carboxylic acids is 1. The number of piperidine rings is 1. The van der Waals surface area contributed by atoms with Crippen molar-refractivity contribution >= 4 is 15.1 Å². The largest absolute Gasteiger partial charge is 0.489 e. The average molecular weight is 322 g/mol. The van der Waals surface area contributed by atoms with Gasteiger partial charge in [0.05, 0.1) is 12.6 Å². The van der Waals surface area contributed by atoms with Gasteiger partial charge >= 0.3 is 0 Å². The number of nitriles is 1. The summed E-state index contributed by atoms with van der Waals surface area (Å²) in [5, 5.41) is 7.11. The zero-order valence-corrected chi connectivity index (χ0v) is 13.7. The fourth-order valence-electron chi connectivity index (χ4n) is 2.51. The molecule has 1 heterocycles. The van der Waals surface area contributed by atoms with E-state index in [0.29, 0.717) is 24.4 Å². The zero-order valence-electron chi connectivity index (χ0n) is 12.6. The molecule has 0 radical (unpaired) electrons. The molecule has 1 aromatic carbocycles. The van der Waals surface area contributed by atoms with Crippen molar-refractivity contribution in [1.82, 2.24) is 4.90 Å². The number of halogens is 1. The van der Waals surface area contributed by atoms with Crippen molar-refractivity contribution in [3.63, 3.8) is 0 Å². The van der Waals surface area contributed by atoms with Crippen LogP contribution >= 0.6 is 9.24 Å². The van der Waals surface area contributed by atoms with Crippen LogP contribution in [0.15, 0.2) is 24.3 Å². The van der Waals surface area contributed by atoms with Gasteiger partial charge in [0.15, 0.2) is 0 Å². The van der Waals surface area contributed by atoms with Crippen molar-refractivity contribution < 1.29 is 13.9 Å². The van der Waals surface area contributed by atoms with Gasteiger partial charge in [-0.25, -0.2) is 4.39 Å². The second kappa shape index (κ2) is 7.07. The predicted octanol–water partition coefficient (Wildman–Crippen LogP) is 2.99. The zero-order chi connectivity index (χ0) is 16.2. The number of carbonyl (C=O) groups is 1. The number of amides is 1. The molecule has 1 aliphatic rings. The summed E-state index contributed by atoms with van der Waals surface area (Å²) < 4.78 is 19.9. The van der Waals surface area contributed by atoms with Gasteiger partial charge in [0.25, 0.3) is 0 Å². The predicted molar refractivity (Wildman–Crippen MR) is 85.1 cm³/mol. The minimum absolute atomic E-state index is 0.102. The first-order valence-electron chi connectivity index (χ1n) is 7.30. The number of hydrogen-bond donors (Lipinski definition) is 0. The Kier molecular flexibility index (Phi) is 5.37. The Morgan fingerprint density at radius 1 is 1.64 bits per heavy atom. The standard InChI is InChI=1S/C16H20FN2O2P/c1-16(17,22)12-4-2-5-13(10-12)21-14-6-3-9-19(11-14)15(20)7-8-18/h2,4-5,10,14H,3,6-7,9,11,22H2,1H3/t14-,16?/m1/s1. The number of likely N-dealkylation sites (tertiary alicyclic amines) is 1. The first kappa shape index (κ1) is 16.7. The van der Waals surface area contributed by atoms with Crippen LogP contribution in [0.4, 0.5) is 4.39 Å². The molecule has 0 aliphatic carbocycles. The minimum atomic E-state index is -1.50. The van der Waals surface area contributed by atoms with Crippen LogP contribution in [0.3, 0.4) is 0 Å². The fraction of sp³-hybridized carbons (Fsp3) is 0.500. The molecule has 1 fully saturated rings. The third-order valence-electron chi connectivity index (χ3n) is 3.66. The molecule has 22 heavy (non-hydrogen) atoms. The van der Waals surface area contributed by atoms with E-state index in [-0.39, 0.29) is 18.4 Å². The molecule has 0 aromatic heterocycles. The van der Waals surface area contributed by atoms with Gasteiger partial charge in [0.1, 0.15) is 23.7 Å². The van der Waals surface area contributed by atoms with E-state index in [1.165, 1.54) is 6.92 Å². The highest BCUT2D eigenvalue weighted by molar-refractivity contribution is 7.18. The summed E-state index contributed by atoms with van der Waals surface area (Å²) >= 11 is 0. The summed E-state index contributed by atoms with van der Waals surface area (Å²) in [4.78, 5) is 13.4. The van der Waals surface area contributed by atoms with E-state index >= 15 is 0 Å². The molecule has 2 rings (SSSR count). The molecule has 1 aliphatic heterocycles. The van der Waals surface area contributed by atoms with Crippen LogP contribution in [-0.2, 0) is 10.2 Å². The number of rotatable bonds is 4. The van der Waals surface area contributed by atoms with E-state index in [1.807, 2.05) is 6.07 Å². The lowest BCUT2D eigenvalue weighted by molar-refractivity contribution is -0.132. The van der Waals surface area contributed by atoms with Gasteiger partial charge in [-0.05, 0) is 37.5 Å². The molecule has 2 unspecified atom stereocenters. The summed E-state index contributed by atoms with van der Waals surface area (Å²) in [6.07, 6.45) is 1.46. The molecule has 0 saturated carbocycles. The summed E-state index contributed by atoms with van der Waals surface area (Å²) in [5.41, 5.74) is 0.531. The molecule has 1 amide bonds. The van der Waals surface area contributed by atoms with Gasteiger partial charge in [0.2, 0.25) is 5.91 Å². The molecule has 3 atom stereocenters. The van der Waals surface area contributed by atoms with Crippen molar-refractivity contribution in [2.75, 3.05) is 13.1 Å². The lowest BCUT2D eigenvalue weighted by Gasteiger charge is -2.32. The van der Waals surface area contributed by atoms with Crippen LogP contribution in [0.5, 0.6) is 5.75 Å². The molecule has 0 bridgehead atoms. The molecule has 0 N–H and O–H groups in total. The van der Waals surface area contributed by atoms with Gasteiger partial charge < -0.3 is 9.64 Å². The molecular formula is C16H20FN2O2P. The maximum atomic E-state index is 14.0. The normalized spacial score (nSPS) is 20.8. The van der Waals surface area contributed by atoms with Gasteiger partial charge in [-0.3, -0.25) is 4.79 Å². The van der Waals surface area contributed by atoms with Crippen molar-refractivity contribution in [2.45, 2.75) is 37.7 Å². The smallest absolute Gasteiger partial charge is 0.236 e. The Morgan fingerprint density at radius 3 is 3.09 bits per heavy atom. The minimum Gasteiger partial charge on any atom is -0.489 e. The Balaban J connectivity index is 2.02. The highest BCUT2D eigenvalue weighted by Crippen LogP contribution is 2.34. The quantitative estimate of drug-likeness (QED) is 0.801. The average Bonchev–Trinajstić information content (AvgIpc) is 2.47. The van der Waals surface area contributed by atoms with Crippen LogP contribution in [0.2, 0.25) is 0 Å². The highest BCUT2D eigenvalue weighted by Gasteiger charge is 2.25. The Labute approximate surface area is 132 Å². The van der Waals surface area contributed by atoms with Gasteiger partial charge in [-0.2, -0.15) is 5.26 Å². The lowest BCUT2D eigenvalue weighted by atomic mass is 10.1. The lowest BCUT2D eigenvalue weighted by Crippen LogP contribution is -2.44. The Morgan fingerprint density at radius 2 is 2.41 bits per heavy atom. The SMILES string of the molecule is CC(F)(P)c1cccc(O[C@@H]2CCCN(C(=O)CC#N)C2)c1. The maximum Gasteiger partial charge on any atom is 0.236 e. The van der Waals surface area contributed by atoms with E-state index in [9.17, 15) is 9.18 Å². The third kappa shape index (κ3) is 4.42. The molecule has 1 saturated heterocycles. The molecular weight excluding hydrogens is 302 g/mol. The van der Waals surface area contributed by atoms with Crippen LogP contribution < -0.4 is 4.74 Å². The van der Waals surface area contributed by atoms with Crippen LogP contribution in [0.1, 0.15) is 31.7 Å². The number of alkyl halides is 1. The van der Waals surface area contributed by atoms with Crippen molar-refractivity contribution in [3.05, 3.63) is 29.8 Å². The fourth-order valence-corrected chi connectivity index (χ4v) is 2.69. The van der Waals surface area contributed by atoms with Crippen LogP contribution in [-0.4, -0.2) is 30.0 Å². The summed E-state index contributed by atoms with van der Waals surface area (Å²) in [5.74, 6) is 0.439. The maximum absolute atomic E-state index is 14.0. The number of nitrogens with zero attached hydrogens (tertiary/aromatic N) is 2. The summed E-state index contributed by atoms with van der Waals surface area (Å²) in [7, 11) is 2.17. The van der Waals surface area contributed by atoms with E-state index in [1.54, 1.807) is 29.2 Å². The van der Waals surface area contributed by atoms with Crippen LogP contribution in [0, 0.1) is 11.3 Å². The topological polar surface area (TPSA) is 53.3 Å². The van der Waals surface area contributed by atoms with Crippen molar-refractivity contribution in [2.24, 2.45) is 0 Å². The Hall–Kier alpha value is -1.66. The second-order valence-corrected chi connectivity index (χ2v) is 6.74. The van der Waals surface area contributed by atoms with Crippen molar-refractivity contribution in [3.8, 4) is 11.8 Å². The van der Waals surface area contributed by atoms with Crippen LogP contribution in [0.25, 0.3) is 0 Å². The van der Waals surface area contributed by atoms with Gasteiger partial charge in [0, 0.05) is 6.54 Å². The summed E-state index contributed by atoms with van der Waals surface area (Å²) in [6.45, 7) is 2.60. The molecule has 4 nitrogen and oxygen atoms in total. The molecule has 6 heteroatoms. The second-order valence-electron chi connectivity index (χ2n) is 5.66. The molecule has 1 aromatic rings. The molecule has 0 spiro atoms. The first-order chi connectivity index (χ1) is 10.4. The van der Waals surface area contributed by atoms with Gasteiger partial charge in [-0.15, -0.1) is 0 Å². The summed E-state index contributed by atoms with van der Waals surface area (Å²) in [6, 6.07) is 8.82. The van der Waals surface area contributed by atoms with E-state index < -0.39 is 5.41 Å². The van der Waals surface area contributed by atoms with E-state index in [0.717, 1.165) is 12.8 Å². The van der Waals surface area contributed by atoms with E-state index in [4.69, 9.17) is 10.00 Å². The van der Waals surface area contributed by atoms with Gasteiger partial charge in [-0.1, -0.05) is 21.4 Å². The first-order valence-corrected chi connectivity index (χ1v) is 7.87.